The SMILES string of the molecule is NCc1cc2c(nc1Oc1cccc(Cl)c1Cl)CCC2. The lowest BCUT2D eigenvalue weighted by Gasteiger charge is -2.12. The summed E-state index contributed by atoms with van der Waals surface area (Å²) in [5.41, 5.74) is 9.04. The van der Waals surface area contributed by atoms with Crippen molar-refractivity contribution in [3.05, 3.63) is 51.1 Å². The average molecular weight is 309 g/mol. The number of rotatable bonds is 3. The van der Waals surface area contributed by atoms with E-state index in [0.717, 1.165) is 30.5 Å². The summed E-state index contributed by atoms with van der Waals surface area (Å²) in [6, 6.07) is 7.36. The zero-order valence-corrected chi connectivity index (χ0v) is 12.3. The topological polar surface area (TPSA) is 48.1 Å². The molecule has 20 heavy (non-hydrogen) atoms. The summed E-state index contributed by atoms with van der Waals surface area (Å²) >= 11 is 12.1. The van der Waals surface area contributed by atoms with Gasteiger partial charge < -0.3 is 10.5 Å². The number of hydrogen-bond acceptors (Lipinski definition) is 3. The van der Waals surface area contributed by atoms with E-state index in [9.17, 15) is 0 Å². The minimum atomic E-state index is 0.383. The molecule has 0 spiro atoms. The molecule has 5 heteroatoms. The molecule has 1 aromatic carbocycles. The number of aromatic nitrogens is 1. The number of hydrogen-bond donors (Lipinski definition) is 1. The van der Waals surface area contributed by atoms with Gasteiger partial charge in [-0.3, -0.25) is 0 Å². The van der Waals surface area contributed by atoms with E-state index in [1.165, 1.54) is 5.56 Å². The molecule has 0 bridgehead atoms. The number of nitrogens with two attached hydrogens (primary N) is 1. The van der Waals surface area contributed by atoms with Gasteiger partial charge in [-0.25, -0.2) is 4.98 Å². The summed E-state index contributed by atoms with van der Waals surface area (Å²) in [7, 11) is 0. The maximum atomic E-state index is 6.14. The van der Waals surface area contributed by atoms with Gasteiger partial charge in [0.15, 0.2) is 0 Å². The Bertz CT molecular complexity index is 659. The molecule has 0 atom stereocenters. The quantitative estimate of drug-likeness (QED) is 0.927. The molecular formula is C15H14Cl2N2O. The molecule has 3 nitrogen and oxygen atoms in total. The molecule has 1 aliphatic rings. The lowest BCUT2D eigenvalue weighted by Crippen LogP contribution is -2.04. The van der Waals surface area contributed by atoms with Crippen molar-refractivity contribution >= 4 is 23.2 Å². The normalized spacial score (nSPS) is 13.3. The van der Waals surface area contributed by atoms with Gasteiger partial charge in [0, 0.05) is 17.8 Å². The van der Waals surface area contributed by atoms with Crippen molar-refractivity contribution in [1.82, 2.24) is 4.98 Å². The molecule has 2 N–H and O–H groups in total. The molecule has 104 valence electrons. The standard InChI is InChI=1S/C15H14Cl2N2O/c16-11-4-2-6-13(14(11)17)20-15-10(8-18)7-9-3-1-5-12(9)19-15/h2,4,6-7H,1,3,5,8,18H2. The van der Waals surface area contributed by atoms with Crippen LogP contribution in [0.3, 0.4) is 0 Å². The molecule has 1 heterocycles. The van der Waals surface area contributed by atoms with Crippen molar-refractivity contribution in [2.75, 3.05) is 0 Å². The van der Waals surface area contributed by atoms with Crippen molar-refractivity contribution in [3.8, 4) is 11.6 Å². The Balaban J connectivity index is 2.00. The van der Waals surface area contributed by atoms with Gasteiger partial charge in [0.2, 0.25) is 5.88 Å². The van der Waals surface area contributed by atoms with Gasteiger partial charge in [-0.1, -0.05) is 29.3 Å². The Hall–Kier alpha value is -1.29. The van der Waals surface area contributed by atoms with Crippen LogP contribution in [-0.4, -0.2) is 4.98 Å². The van der Waals surface area contributed by atoms with Gasteiger partial charge in [-0.15, -0.1) is 0 Å². The molecule has 0 fully saturated rings. The van der Waals surface area contributed by atoms with Crippen LogP contribution >= 0.6 is 23.2 Å². The third kappa shape index (κ3) is 2.49. The summed E-state index contributed by atoms with van der Waals surface area (Å²) in [5.74, 6) is 1.02. The van der Waals surface area contributed by atoms with Crippen LogP contribution in [0.4, 0.5) is 0 Å². The number of pyridine rings is 1. The second-order valence-corrected chi connectivity index (χ2v) is 5.56. The van der Waals surface area contributed by atoms with Crippen molar-refractivity contribution in [2.45, 2.75) is 25.8 Å². The van der Waals surface area contributed by atoms with Gasteiger partial charge in [0.25, 0.3) is 0 Å². The number of benzene rings is 1. The highest BCUT2D eigenvalue weighted by Gasteiger charge is 2.18. The Morgan fingerprint density at radius 2 is 2.10 bits per heavy atom. The molecule has 0 saturated carbocycles. The summed E-state index contributed by atoms with van der Waals surface area (Å²) in [6.45, 7) is 0.383. The molecule has 1 aliphatic carbocycles. The van der Waals surface area contributed by atoms with Gasteiger partial charge >= 0.3 is 0 Å². The minimum absolute atomic E-state index is 0.383. The Morgan fingerprint density at radius 3 is 2.90 bits per heavy atom. The van der Waals surface area contributed by atoms with E-state index in [4.69, 9.17) is 33.7 Å². The highest BCUT2D eigenvalue weighted by molar-refractivity contribution is 6.42. The summed E-state index contributed by atoms with van der Waals surface area (Å²) in [4.78, 5) is 4.59. The number of halogens is 2. The Kier molecular flexibility index (Phi) is 3.83. The third-order valence-electron chi connectivity index (χ3n) is 3.43. The summed E-state index contributed by atoms with van der Waals surface area (Å²) in [5, 5.41) is 0.846. The molecule has 2 aromatic rings. The Labute approximate surface area is 127 Å². The van der Waals surface area contributed by atoms with Gasteiger partial charge in [-0.2, -0.15) is 0 Å². The van der Waals surface area contributed by atoms with E-state index in [0.29, 0.717) is 28.2 Å². The van der Waals surface area contributed by atoms with Gasteiger partial charge in [0.1, 0.15) is 10.8 Å². The third-order valence-corrected chi connectivity index (χ3v) is 4.23. The molecule has 0 aliphatic heterocycles. The van der Waals surface area contributed by atoms with Crippen LogP contribution < -0.4 is 10.5 Å². The van der Waals surface area contributed by atoms with E-state index >= 15 is 0 Å². The fourth-order valence-electron chi connectivity index (χ4n) is 2.40. The predicted molar refractivity (Wildman–Crippen MR) is 80.7 cm³/mol. The molecule has 0 saturated heterocycles. The fourth-order valence-corrected chi connectivity index (χ4v) is 2.73. The first-order valence-electron chi connectivity index (χ1n) is 6.52. The number of nitrogens with zero attached hydrogens (tertiary/aromatic N) is 1. The second kappa shape index (κ2) is 5.60. The van der Waals surface area contributed by atoms with E-state index < -0.39 is 0 Å². The molecule has 0 unspecified atom stereocenters. The molecular weight excluding hydrogens is 295 g/mol. The first-order chi connectivity index (χ1) is 9.69. The smallest absolute Gasteiger partial charge is 0.224 e. The summed E-state index contributed by atoms with van der Waals surface area (Å²) < 4.78 is 5.83. The fraction of sp³-hybridized carbons (Fsp3) is 0.267. The van der Waals surface area contributed by atoms with Crippen LogP contribution in [0.15, 0.2) is 24.3 Å². The van der Waals surface area contributed by atoms with Crippen LogP contribution in [0.5, 0.6) is 11.6 Å². The van der Waals surface area contributed by atoms with E-state index in [1.54, 1.807) is 18.2 Å². The molecule has 0 amide bonds. The summed E-state index contributed by atoms with van der Waals surface area (Å²) in [6.07, 6.45) is 3.18. The van der Waals surface area contributed by atoms with Crippen LogP contribution in [0, 0.1) is 0 Å². The van der Waals surface area contributed by atoms with Crippen LogP contribution in [0.25, 0.3) is 0 Å². The largest absolute Gasteiger partial charge is 0.437 e. The monoisotopic (exact) mass is 308 g/mol. The van der Waals surface area contributed by atoms with E-state index in [1.807, 2.05) is 0 Å². The zero-order chi connectivity index (χ0) is 14.1. The first kappa shape index (κ1) is 13.7. The van der Waals surface area contributed by atoms with Crippen molar-refractivity contribution in [3.63, 3.8) is 0 Å². The lowest BCUT2D eigenvalue weighted by molar-refractivity contribution is 0.454. The average Bonchev–Trinajstić information content (AvgIpc) is 2.90. The molecule has 3 rings (SSSR count). The van der Waals surface area contributed by atoms with Crippen molar-refractivity contribution in [2.24, 2.45) is 5.73 Å². The number of fused-ring (bicyclic) bond motifs is 1. The minimum Gasteiger partial charge on any atom is -0.437 e. The number of aryl methyl sites for hydroxylation is 2. The molecule has 1 aromatic heterocycles. The highest BCUT2D eigenvalue weighted by atomic mass is 35.5. The molecule has 0 radical (unpaired) electrons. The lowest BCUT2D eigenvalue weighted by atomic mass is 10.1. The Morgan fingerprint density at radius 1 is 1.25 bits per heavy atom. The van der Waals surface area contributed by atoms with Crippen LogP contribution in [0.2, 0.25) is 10.0 Å². The van der Waals surface area contributed by atoms with Crippen molar-refractivity contribution in [1.29, 1.82) is 0 Å². The maximum absolute atomic E-state index is 6.14. The van der Waals surface area contributed by atoms with Gasteiger partial charge in [-0.05, 0) is 43.0 Å². The van der Waals surface area contributed by atoms with E-state index in [-0.39, 0.29) is 0 Å². The highest BCUT2D eigenvalue weighted by Crippen LogP contribution is 2.36. The van der Waals surface area contributed by atoms with Crippen molar-refractivity contribution < 1.29 is 4.74 Å². The van der Waals surface area contributed by atoms with Gasteiger partial charge in [0.05, 0.1) is 5.02 Å². The first-order valence-corrected chi connectivity index (χ1v) is 7.28. The van der Waals surface area contributed by atoms with Crippen LogP contribution in [0.1, 0.15) is 23.2 Å². The predicted octanol–water partition coefficient (Wildman–Crippen LogP) is 4.13. The zero-order valence-electron chi connectivity index (χ0n) is 10.8. The number of ether oxygens (including phenoxy) is 1. The van der Waals surface area contributed by atoms with Crippen LogP contribution in [-0.2, 0) is 19.4 Å². The maximum Gasteiger partial charge on any atom is 0.224 e. The second-order valence-electron chi connectivity index (χ2n) is 4.77. The van der Waals surface area contributed by atoms with E-state index in [2.05, 4.69) is 11.1 Å².